The average Bonchev–Trinajstić information content (AvgIpc) is 3.13. The number of rotatable bonds is 8. The zero-order valence-electron chi connectivity index (χ0n) is 23.8. The number of nitrogens with zero attached hydrogens (tertiary/aromatic N) is 1. The molecule has 39 heavy (non-hydrogen) atoms. The van der Waals surface area contributed by atoms with Crippen LogP contribution in [0.4, 0.5) is 0 Å². The molecule has 5 nitrogen and oxygen atoms in total. The number of aryl methyl sites for hydroxylation is 1. The number of benzene rings is 3. The Kier molecular flexibility index (Phi) is 8.22. The van der Waals surface area contributed by atoms with Gasteiger partial charge in [-0.1, -0.05) is 62.7 Å². The lowest BCUT2D eigenvalue weighted by atomic mass is 9.86. The molecule has 1 N–H and O–H groups in total. The Labute approximate surface area is 236 Å². The summed E-state index contributed by atoms with van der Waals surface area (Å²) in [7, 11) is 0. The highest BCUT2D eigenvalue weighted by Crippen LogP contribution is 2.31. The van der Waals surface area contributed by atoms with E-state index in [1.165, 1.54) is 5.56 Å². The first-order valence-corrected chi connectivity index (χ1v) is 13.7. The van der Waals surface area contributed by atoms with E-state index >= 15 is 0 Å². The van der Waals surface area contributed by atoms with Gasteiger partial charge in [0.2, 0.25) is 0 Å². The fourth-order valence-corrected chi connectivity index (χ4v) is 5.03. The molecule has 0 aliphatic heterocycles. The van der Waals surface area contributed by atoms with Gasteiger partial charge in [-0.25, -0.2) is 0 Å². The topological polar surface area (TPSA) is 60.3 Å². The van der Waals surface area contributed by atoms with E-state index < -0.39 is 6.10 Å². The van der Waals surface area contributed by atoms with Crippen molar-refractivity contribution >= 4 is 34.7 Å². The Bertz CT molecular complexity index is 1510. The lowest BCUT2D eigenvalue weighted by Crippen LogP contribution is -2.26. The number of halogens is 1. The Morgan fingerprint density at radius 1 is 1.03 bits per heavy atom. The Balaban J connectivity index is 1.54. The molecule has 0 saturated heterocycles. The predicted molar refractivity (Wildman–Crippen MR) is 159 cm³/mol. The lowest BCUT2D eigenvalue weighted by Gasteiger charge is -2.21. The molecular weight excluding hydrogens is 508 g/mol. The zero-order valence-corrected chi connectivity index (χ0v) is 24.5. The second-order valence-corrected chi connectivity index (χ2v) is 11.7. The first-order chi connectivity index (χ1) is 18.4. The summed E-state index contributed by atoms with van der Waals surface area (Å²) in [5.41, 5.74) is 7.40. The first-order valence-electron chi connectivity index (χ1n) is 13.3. The minimum atomic E-state index is -0.560. The Hall–Kier alpha value is -3.57. The van der Waals surface area contributed by atoms with Crippen LogP contribution in [0.5, 0.6) is 5.75 Å². The molecule has 3 aromatic carbocycles. The van der Waals surface area contributed by atoms with Crippen LogP contribution in [0.15, 0.2) is 60.7 Å². The van der Waals surface area contributed by atoms with Gasteiger partial charge in [0.15, 0.2) is 12.4 Å². The van der Waals surface area contributed by atoms with Crippen LogP contribution < -0.4 is 10.1 Å². The third-order valence-corrected chi connectivity index (χ3v) is 7.66. The van der Waals surface area contributed by atoms with Crippen LogP contribution in [0, 0.1) is 13.8 Å². The molecule has 0 bridgehead atoms. The van der Waals surface area contributed by atoms with Gasteiger partial charge in [0, 0.05) is 28.7 Å². The van der Waals surface area contributed by atoms with E-state index in [-0.39, 0.29) is 17.4 Å². The van der Waals surface area contributed by atoms with Crippen LogP contribution in [0.2, 0.25) is 5.02 Å². The van der Waals surface area contributed by atoms with Crippen LogP contribution in [-0.4, -0.2) is 22.9 Å². The van der Waals surface area contributed by atoms with Gasteiger partial charge >= 0.3 is 0 Å². The van der Waals surface area contributed by atoms with Crippen molar-refractivity contribution in [2.75, 3.05) is 0 Å². The van der Waals surface area contributed by atoms with Gasteiger partial charge in [0.05, 0.1) is 11.1 Å². The maximum absolute atomic E-state index is 13.2. The molecule has 0 aliphatic rings. The summed E-state index contributed by atoms with van der Waals surface area (Å²) >= 11 is 6.43. The molecule has 0 fully saturated rings. The fourth-order valence-electron chi connectivity index (χ4n) is 4.78. The number of hydrogen-bond acceptors (Lipinski definition) is 3. The van der Waals surface area contributed by atoms with Crippen molar-refractivity contribution in [1.29, 1.82) is 0 Å². The molecule has 2 atom stereocenters. The molecule has 4 aromatic rings. The Morgan fingerprint density at radius 3 is 2.33 bits per heavy atom. The molecule has 0 unspecified atom stereocenters. The standard InChI is InChI=1S/C33H37ClN2O3/c1-20(19-37)39-31-15-8-24(16-29(31)34)18-36-23(4)21(2)28-17-26(11-14-30(28)36)32(38)35-22(3)25-9-12-27(13-10-25)33(5,6)7/h8-17,19-20,22H,18H2,1-7H3,(H,35,38)/t20-,22-/m0/s1. The maximum Gasteiger partial charge on any atom is 0.251 e. The first kappa shape index (κ1) is 28.4. The normalized spacial score (nSPS) is 13.2. The minimum absolute atomic E-state index is 0.0900. The van der Waals surface area contributed by atoms with Gasteiger partial charge in [0.25, 0.3) is 5.91 Å². The number of aromatic nitrogens is 1. The Morgan fingerprint density at radius 2 is 1.72 bits per heavy atom. The summed E-state index contributed by atoms with van der Waals surface area (Å²) in [6, 6.07) is 19.8. The molecular formula is C33H37ClN2O3. The van der Waals surface area contributed by atoms with E-state index in [4.69, 9.17) is 16.3 Å². The summed E-state index contributed by atoms with van der Waals surface area (Å²) in [4.78, 5) is 24.1. The molecule has 1 amide bonds. The number of amides is 1. The molecule has 0 saturated carbocycles. The van der Waals surface area contributed by atoms with E-state index in [1.54, 1.807) is 13.0 Å². The van der Waals surface area contributed by atoms with Gasteiger partial charge in [-0.3, -0.25) is 9.59 Å². The zero-order chi connectivity index (χ0) is 28.5. The van der Waals surface area contributed by atoms with E-state index in [2.05, 4.69) is 68.8 Å². The number of carbonyl (C=O) groups excluding carboxylic acids is 2. The van der Waals surface area contributed by atoms with Crippen molar-refractivity contribution in [3.05, 3.63) is 99.2 Å². The minimum Gasteiger partial charge on any atom is -0.482 e. The van der Waals surface area contributed by atoms with E-state index in [9.17, 15) is 9.59 Å². The predicted octanol–water partition coefficient (Wildman–Crippen LogP) is 7.71. The van der Waals surface area contributed by atoms with E-state index in [0.29, 0.717) is 22.9 Å². The average molecular weight is 545 g/mol. The smallest absolute Gasteiger partial charge is 0.251 e. The van der Waals surface area contributed by atoms with Crippen LogP contribution in [0.3, 0.4) is 0 Å². The molecule has 6 heteroatoms. The highest BCUT2D eigenvalue weighted by molar-refractivity contribution is 6.32. The van der Waals surface area contributed by atoms with Crippen molar-refractivity contribution in [3.8, 4) is 5.75 Å². The van der Waals surface area contributed by atoms with Crippen molar-refractivity contribution < 1.29 is 14.3 Å². The van der Waals surface area contributed by atoms with E-state index in [0.717, 1.165) is 39.6 Å². The van der Waals surface area contributed by atoms with Gasteiger partial charge in [-0.15, -0.1) is 0 Å². The van der Waals surface area contributed by atoms with Gasteiger partial charge in [0.1, 0.15) is 5.75 Å². The summed E-state index contributed by atoms with van der Waals surface area (Å²) in [6.45, 7) is 15.1. The van der Waals surface area contributed by atoms with Crippen molar-refractivity contribution in [2.45, 2.75) is 72.6 Å². The molecule has 1 aromatic heterocycles. The third-order valence-electron chi connectivity index (χ3n) is 7.37. The number of aldehydes is 1. The van der Waals surface area contributed by atoms with Crippen molar-refractivity contribution in [1.82, 2.24) is 9.88 Å². The number of ether oxygens (including phenoxy) is 1. The molecule has 0 radical (unpaired) electrons. The van der Waals surface area contributed by atoms with Crippen LogP contribution in [0.25, 0.3) is 10.9 Å². The summed E-state index contributed by atoms with van der Waals surface area (Å²) in [5, 5.41) is 4.67. The SMILES string of the molecule is Cc1c(C)n(Cc2ccc(O[C@@H](C)C=O)c(Cl)c2)c2ccc(C(=O)N[C@@H](C)c3ccc(C(C)(C)C)cc3)cc12. The molecule has 204 valence electrons. The second-order valence-electron chi connectivity index (χ2n) is 11.3. The van der Waals surface area contributed by atoms with Crippen molar-refractivity contribution in [3.63, 3.8) is 0 Å². The largest absolute Gasteiger partial charge is 0.482 e. The quantitative estimate of drug-likeness (QED) is 0.231. The van der Waals surface area contributed by atoms with E-state index in [1.807, 2.05) is 37.3 Å². The highest BCUT2D eigenvalue weighted by Gasteiger charge is 2.18. The molecule has 0 aliphatic carbocycles. The van der Waals surface area contributed by atoms with Gasteiger partial charge in [-0.05, 0) is 85.7 Å². The van der Waals surface area contributed by atoms with Gasteiger partial charge in [-0.2, -0.15) is 0 Å². The second kappa shape index (κ2) is 11.3. The monoisotopic (exact) mass is 544 g/mol. The van der Waals surface area contributed by atoms with Crippen molar-refractivity contribution in [2.24, 2.45) is 0 Å². The van der Waals surface area contributed by atoms with Crippen LogP contribution in [-0.2, 0) is 16.8 Å². The number of nitrogens with one attached hydrogen (secondary N) is 1. The molecule has 4 rings (SSSR count). The fraction of sp³-hybridized carbons (Fsp3) is 0.333. The summed E-state index contributed by atoms with van der Waals surface area (Å²) in [6.07, 6.45) is 0.178. The lowest BCUT2D eigenvalue weighted by molar-refractivity contribution is -0.113. The van der Waals surface area contributed by atoms with Crippen LogP contribution >= 0.6 is 11.6 Å². The summed E-state index contributed by atoms with van der Waals surface area (Å²) < 4.78 is 7.79. The summed E-state index contributed by atoms with van der Waals surface area (Å²) in [5.74, 6) is 0.390. The van der Waals surface area contributed by atoms with Gasteiger partial charge < -0.3 is 14.6 Å². The molecule has 0 spiro atoms. The third kappa shape index (κ3) is 6.20. The number of hydrogen-bond donors (Lipinski definition) is 1. The van der Waals surface area contributed by atoms with Crippen LogP contribution in [0.1, 0.15) is 79.0 Å². The molecule has 1 heterocycles. The number of carbonyl (C=O) groups is 2. The number of fused-ring (bicyclic) bond motifs is 1. The maximum atomic E-state index is 13.2. The highest BCUT2D eigenvalue weighted by atomic mass is 35.5.